The number of anilines is 1. The van der Waals surface area contributed by atoms with Gasteiger partial charge in [-0.3, -0.25) is 0 Å². The minimum absolute atomic E-state index is 0.0398. The number of nitrogens with two attached hydrogens (primary N) is 2. The molecule has 8 heteroatoms. The molecule has 0 aliphatic rings. The van der Waals surface area contributed by atoms with Crippen LogP contribution in [0.2, 0.25) is 0 Å². The molecule has 0 aromatic heterocycles. The Morgan fingerprint density at radius 2 is 1.89 bits per heavy atom. The minimum Gasteiger partial charge on any atom is -0.398 e. The first kappa shape index (κ1) is 15.3. The van der Waals surface area contributed by atoms with Crippen LogP contribution in [0.5, 0.6) is 0 Å². The summed E-state index contributed by atoms with van der Waals surface area (Å²) < 4.78 is 26.6. The Bertz CT molecular complexity index is 584. The lowest BCUT2D eigenvalue weighted by atomic mass is 10.1. The van der Waals surface area contributed by atoms with Gasteiger partial charge in [-0.15, -0.1) is 0 Å². The number of rotatable bonds is 5. The summed E-state index contributed by atoms with van der Waals surface area (Å²) in [5, 5.41) is 2.29. The average molecular weight is 286 g/mol. The van der Waals surface area contributed by atoms with Gasteiger partial charge < -0.3 is 16.8 Å². The zero-order valence-corrected chi connectivity index (χ0v) is 11.7. The van der Waals surface area contributed by atoms with Gasteiger partial charge in [-0.2, -0.15) is 0 Å². The van der Waals surface area contributed by atoms with Crippen LogP contribution in [0.3, 0.4) is 0 Å². The Kier molecular flexibility index (Phi) is 4.73. The smallest absolute Gasteiger partial charge is 0.312 e. The van der Waals surface area contributed by atoms with Crippen molar-refractivity contribution in [3.05, 3.63) is 23.3 Å². The highest BCUT2D eigenvalue weighted by atomic mass is 32.2. The van der Waals surface area contributed by atoms with E-state index in [9.17, 15) is 13.2 Å². The Hall–Kier alpha value is -1.80. The molecule has 0 unspecified atom stereocenters. The summed E-state index contributed by atoms with van der Waals surface area (Å²) >= 11 is 0. The van der Waals surface area contributed by atoms with Crippen LogP contribution < -0.4 is 21.5 Å². The van der Waals surface area contributed by atoms with Gasteiger partial charge in [-0.1, -0.05) is 6.07 Å². The quantitative estimate of drug-likeness (QED) is 0.442. The lowest BCUT2D eigenvalue weighted by Gasteiger charge is -2.13. The monoisotopic (exact) mass is 286 g/mol. The van der Waals surface area contributed by atoms with Crippen LogP contribution in [-0.2, 0) is 10.0 Å². The number of amides is 2. The van der Waals surface area contributed by atoms with Crippen molar-refractivity contribution in [1.29, 1.82) is 0 Å². The summed E-state index contributed by atoms with van der Waals surface area (Å²) in [6.45, 7) is 3.65. The summed E-state index contributed by atoms with van der Waals surface area (Å²) in [6, 6.07) is 2.61. The molecule has 1 aromatic carbocycles. The number of nitrogen functional groups attached to an aromatic ring is 1. The second-order valence-electron chi connectivity index (χ2n) is 4.11. The van der Waals surface area contributed by atoms with Crippen LogP contribution in [0, 0.1) is 13.8 Å². The number of aryl methyl sites for hydroxylation is 1. The van der Waals surface area contributed by atoms with Crippen molar-refractivity contribution in [3.63, 3.8) is 0 Å². The third kappa shape index (κ3) is 3.83. The Morgan fingerprint density at radius 1 is 1.26 bits per heavy atom. The summed E-state index contributed by atoms with van der Waals surface area (Å²) in [5.41, 5.74) is 12.2. The van der Waals surface area contributed by atoms with Crippen molar-refractivity contribution in [2.45, 2.75) is 18.7 Å². The van der Waals surface area contributed by atoms with Gasteiger partial charge in [0, 0.05) is 13.1 Å². The molecule has 2 amide bonds. The minimum atomic E-state index is -3.71. The van der Waals surface area contributed by atoms with Crippen molar-refractivity contribution < 1.29 is 13.2 Å². The largest absolute Gasteiger partial charge is 0.398 e. The Morgan fingerprint density at radius 3 is 2.47 bits per heavy atom. The third-order valence-corrected chi connectivity index (χ3v) is 4.36. The van der Waals surface area contributed by atoms with Crippen molar-refractivity contribution >= 4 is 21.7 Å². The molecule has 0 atom stereocenters. The number of carbonyl (C=O) groups is 1. The highest BCUT2D eigenvalue weighted by Crippen LogP contribution is 2.24. The molecule has 0 fully saturated rings. The van der Waals surface area contributed by atoms with Crippen LogP contribution in [0.4, 0.5) is 10.5 Å². The Labute approximate surface area is 112 Å². The standard InChI is InChI=1S/C11H18N4O3S/c1-7-3-4-9(12)10(8(7)2)19(17,18)15-6-5-14-11(13)16/h3-4,15H,5-6,12H2,1-2H3,(H3,13,14,16). The lowest BCUT2D eigenvalue weighted by molar-refractivity contribution is 0.249. The van der Waals surface area contributed by atoms with E-state index in [4.69, 9.17) is 11.5 Å². The molecular weight excluding hydrogens is 268 g/mol. The lowest BCUT2D eigenvalue weighted by Crippen LogP contribution is -2.37. The first-order chi connectivity index (χ1) is 8.75. The molecule has 7 nitrogen and oxygen atoms in total. The number of hydrogen-bond donors (Lipinski definition) is 4. The summed E-state index contributed by atoms with van der Waals surface area (Å²) in [4.78, 5) is 10.5. The van der Waals surface area contributed by atoms with E-state index in [1.807, 2.05) is 6.92 Å². The number of nitrogens with one attached hydrogen (secondary N) is 2. The van der Waals surface area contributed by atoms with Crippen LogP contribution in [0.1, 0.15) is 11.1 Å². The molecular formula is C11H18N4O3S. The number of carbonyl (C=O) groups excluding carboxylic acids is 1. The third-order valence-electron chi connectivity index (χ3n) is 2.69. The topological polar surface area (TPSA) is 127 Å². The maximum atomic E-state index is 12.1. The second kappa shape index (κ2) is 5.89. The van der Waals surface area contributed by atoms with E-state index < -0.39 is 16.1 Å². The van der Waals surface area contributed by atoms with Crippen LogP contribution in [0.15, 0.2) is 17.0 Å². The molecule has 0 bridgehead atoms. The summed E-state index contributed by atoms with van der Waals surface area (Å²) in [6.07, 6.45) is 0. The van der Waals surface area contributed by atoms with Crippen molar-refractivity contribution in [2.24, 2.45) is 5.73 Å². The molecule has 0 heterocycles. The number of benzene rings is 1. The summed E-state index contributed by atoms with van der Waals surface area (Å²) in [7, 11) is -3.71. The molecule has 6 N–H and O–H groups in total. The highest BCUT2D eigenvalue weighted by Gasteiger charge is 2.20. The predicted molar refractivity (Wildman–Crippen MR) is 73.1 cm³/mol. The van der Waals surface area contributed by atoms with E-state index in [0.29, 0.717) is 5.56 Å². The zero-order chi connectivity index (χ0) is 14.6. The molecule has 0 saturated heterocycles. The van der Waals surface area contributed by atoms with Gasteiger partial charge in [0.1, 0.15) is 4.90 Å². The fourth-order valence-corrected chi connectivity index (χ4v) is 3.07. The van der Waals surface area contributed by atoms with Gasteiger partial charge >= 0.3 is 6.03 Å². The summed E-state index contributed by atoms with van der Waals surface area (Å²) in [5.74, 6) is 0. The van der Waals surface area contributed by atoms with Crippen LogP contribution >= 0.6 is 0 Å². The van der Waals surface area contributed by atoms with Gasteiger partial charge in [-0.25, -0.2) is 17.9 Å². The van der Waals surface area contributed by atoms with E-state index in [-0.39, 0.29) is 23.7 Å². The van der Waals surface area contributed by atoms with Crippen molar-refractivity contribution in [1.82, 2.24) is 10.0 Å². The molecule has 0 spiro atoms. The van der Waals surface area contributed by atoms with E-state index in [1.165, 1.54) is 0 Å². The van der Waals surface area contributed by atoms with Gasteiger partial charge in [0.15, 0.2) is 0 Å². The van der Waals surface area contributed by atoms with Crippen LogP contribution in [0.25, 0.3) is 0 Å². The van der Waals surface area contributed by atoms with E-state index in [0.717, 1.165) is 5.56 Å². The van der Waals surface area contributed by atoms with Crippen LogP contribution in [-0.4, -0.2) is 27.5 Å². The fourth-order valence-electron chi connectivity index (χ4n) is 1.61. The van der Waals surface area contributed by atoms with Gasteiger partial charge in [0.2, 0.25) is 10.0 Å². The molecule has 0 aliphatic carbocycles. The van der Waals surface area contributed by atoms with Crippen molar-refractivity contribution in [3.8, 4) is 0 Å². The fraction of sp³-hybridized carbons (Fsp3) is 0.364. The molecule has 1 aromatic rings. The van der Waals surface area contributed by atoms with Crippen molar-refractivity contribution in [2.75, 3.05) is 18.8 Å². The molecule has 106 valence electrons. The normalized spacial score (nSPS) is 11.3. The number of sulfonamides is 1. The first-order valence-electron chi connectivity index (χ1n) is 5.64. The maximum Gasteiger partial charge on any atom is 0.312 e. The predicted octanol–water partition coefficient (Wildman–Crippen LogP) is -0.168. The SMILES string of the molecule is Cc1ccc(N)c(S(=O)(=O)NCCNC(N)=O)c1C. The second-order valence-corrected chi connectivity index (χ2v) is 5.82. The van der Waals surface area contributed by atoms with E-state index in [2.05, 4.69) is 10.0 Å². The number of primary amides is 1. The molecule has 19 heavy (non-hydrogen) atoms. The van der Waals surface area contributed by atoms with Gasteiger partial charge in [0.25, 0.3) is 0 Å². The Balaban J connectivity index is 2.89. The van der Waals surface area contributed by atoms with E-state index in [1.54, 1.807) is 19.1 Å². The zero-order valence-electron chi connectivity index (χ0n) is 10.9. The average Bonchev–Trinajstić information content (AvgIpc) is 2.29. The number of urea groups is 1. The number of hydrogen-bond acceptors (Lipinski definition) is 4. The highest BCUT2D eigenvalue weighted by molar-refractivity contribution is 7.89. The first-order valence-corrected chi connectivity index (χ1v) is 7.12. The molecule has 1 rings (SSSR count). The van der Waals surface area contributed by atoms with E-state index >= 15 is 0 Å². The molecule has 0 radical (unpaired) electrons. The van der Waals surface area contributed by atoms with Gasteiger partial charge in [0.05, 0.1) is 5.69 Å². The maximum absolute atomic E-state index is 12.1. The molecule has 0 saturated carbocycles. The van der Waals surface area contributed by atoms with Gasteiger partial charge in [-0.05, 0) is 31.0 Å². The molecule has 0 aliphatic heterocycles.